The molecule has 0 radical (unpaired) electrons. The van der Waals surface area contributed by atoms with E-state index in [1.807, 2.05) is 41.9 Å². The molecule has 3 heterocycles. The zero-order valence-corrected chi connectivity index (χ0v) is 17.0. The quantitative estimate of drug-likeness (QED) is 0.483. The van der Waals surface area contributed by atoms with Gasteiger partial charge in [0, 0.05) is 51.0 Å². The van der Waals surface area contributed by atoms with Crippen molar-refractivity contribution in [2.75, 3.05) is 31.1 Å². The van der Waals surface area contributed by atoms with Gasteiger partial charge in [-0.25, -0.2) is 13.8 Å². The summed E-state index contributed by atoms with van der Waals surface area (Å²) < 4.78 is 30.1. The SMILES string of the molecule is CCNC(=NCCc1cn2ccccc2n1)NC1CCN(c2c(F)cccc2F)C1. The van der Waals surface area contributed by atoms with Crippen molar-refractivity contribution in [2.24, 2.45) is 4.99 Å². The van der Waals surface area contributed by atoms with Gasteiger partial charge in [-0.15, -0.1) is 0 Å². The third kappa shape index (κ3) is 4.53. The van der Waals surface area contributed by atoms with E-state index in [-0.39, 0.29) is 11.7 Å². The Morgan fingerprint density at radius 2 is 2.03 bits per heavy atom. The molecule has 6 nitrogen and oxygen atoms in total. The van der Waals surface area contributed by atoms with Gasteiger partial charge in [0.05, 0.1) is 5.69 Å². The molecular weight excluding hydrogens is 386 g/mol. The number of hydrogen-bond donors (Lipinski definition) is 2. The van der Waals surface area contributed by atoms with Crippen molar-refractivity contribution in [1.82, 2.24) is 20.0 Å². The van der Waals surface area contributed by atoms with Crippen LogP contribution in [-0.4, -0.2) is 47.6 Å². The second-order valence-corrected chi connectivity index (χ2v) is 7.36. The summed E-state index contributed by atoms with van der Waals surface area (Å²) in [7, 11) is 0. The van der Waals surface area contributed by atoms with Crippen molar-refractivity contribution >= 4 is 17.3 Å². The summed E-state index contributed by atoms with van der Waals surface area (Å²) in [5.74, 6) is -0.338. The fourth-order valence-corrected chi connectivity index (χ4v) is 3.78. The average molecular weight is 412 g/mol. The Kier molecular flexibility index (Phi) is 6.11. The molecule has 2 N–H and O–H groups in total. The molecule has 1 atom stereocenters. The number of aromatic nitrogens is 2. The van der Waals surface area contributed by atoms with Crippen LogP contribution in [-0.2, 0) is 6.42 Å². The van der Waals surface area contributed by atoms with Crippen molar-refractivity contribution in [1.29, 1.82) is 0 Å². The van der Waals surface area contributed by atoms with Crippen molar-refractivity contribution in [3.8, 4) is 0 Å². The van der Waals surface area contributed by atoms with Crippen molar-refractivity contribution in [3.05, 3.63) is 66.1 Å². The number of aliphatic imine (C=N–C) groups is 1. The van der Waals surface area contributed by atoms with Gasteiger partial charge in [0.2, 0.25) is 0 Å². The van der Waals surface area contributed by atoms with Gasteiger partial charge in [-0.2, -0.15) is 0 Å². The van der Waals surface area contributed by atoms with Crippen LogP contribution >= 0.6 is 0 Å². The Labute approximate surface area is 174 Å². The summed E-state index contributed by atoms with van der Waals surface area (Å²) in [6.07, 6.45) is 5.51. The van der Waals surface area contributed by atoms with Gasteiger partial charge >= 0.3 is 0 Å². The number of guanidine groups is 1. The second kappa shape index (κ2) is 9.11. The first-order valence-electron chi connectivity index (χ1n) is 10.3. The Balaban J connectivity index is 1.36. The van der Waals surface area contributed by atoms with Crippen LogP contribution in [0.15, 0.2) is 53.8 Å². The van der Waals surface area contributed by atoms with Crippen LogP contribution in [0.5, 0.6) is 0 Å². The maximum atomic E-state index is 14.1. The highest BCUT2D eigenvalue weighted by atomic mass is 19.1. The molecule has 2 aromatic heterocycles. The van der Waals surface area contributed by atoms with Crippen LogP contribution in [0, 0.1) is 11.6 Å². The first-order chi connectivity index (χ1) is 14.6. The minimum absolute atomic E-state index is 0.0515. The molecule has 30 heavy (non-hydrogen) atoms. The maximum Gasteiger partial charge on any atom is 0.191 e. The molecule has 1 aliphatic heterocycles. The molecule has 1 saturated heterocycles. The Bertz CT molecular complexity index is 978. The Morgan fingerprint density at radius 1 is 1.20 bits per heavy atom. The third-order valence-electron chi connectivity index (χ3n) is 5.18. The number of para-hydroxylation sites is 1. The Morgan fingerprint density at radius 3 is 2.80 bits per heavy atom. The van der Waals surface area contributed by atoms with Gasteiger partial charge in [-0.05, 0) is 37.6 Å². The average Bonchev–Trinajstić information content (AvgIpc) is 3.34. The van der Waals surface area contributed by atoms with Gasteiger partial charge in [-0.1, -0.05) is 12.1 Å². The monoisotopic (exact) mass is 412 g/mol. The third-order valence-corrected chi connectivity index (χ3v) is 5.18. The van der Waals surface area contributed by atoms with Crippen LogP contribution in [0.2, 0.25) is 0 Å². The lowest BCUT2D eigenvalue weighted by molar-refractivity contribution is 0.576. The predicted octanol–water partition coefficient (Wildman–Crippen LogP) is 2.99. The number of anilines is 1. The van der Waals surface area contributed by atoms with E-state index < -0.39 is 11.6 Å². The summed E-state index contributed by atoms with van der Waals surface area (Å²) in [5.41, 5.74) is 1.96. The number of nitrogens with one attached hydrogen (secondary N) is 2. The van der Waals surface area contributed by atoms with Gasteiger partial charge in [0.15, 0.2) is 5.96 Å². The summed E-state index contributed by atoms with van der Waals surface area (Å²) in [4.78, 5) is 11.0. The Hall–Kier alpha value is -3.16. The van der Waals surface area contributed by atoms with E-state index in [9.17, 15) is 8.78 Å². The van der Waals surface area contributed by atoms with Gasteiger partial charge < -0.3 is 19.9 Å². The molecule has 1 fully saturated rings. The van der Waals surface area contributed by atoms with E-state index in [0.29, 0.717) is 25.6 Å². The molecule has 1 aliphatic rings. The van der Waals surface area contributed by atoms with E-state index in [1.165, 1.54) is 18.2 Å². The minimum Gasteiger partial charge on any atom is -0.365 e. The van der Waals surface area contributed by atoms with Crippen molar-refractivity contribution in [2.45, 2.75) is 25.8 Å². The van der Waals surface area contributed by atoms with Gasteiger partial charge in [0.25, 0.3) is 0 Å². The molecule has 158 valence electrons. The highest BCUT2D eigenvalue weighted by molar-refractivity contribution is 5.80. The number of fused-ring (bicyclic) bond motifs is 1. The molecule has 4 rings (SSSR count). The number of imidazole rings is 1. The molecule has 0 amide bonds. The molecule has 0 spiro atoms. The number of pyridine rings is 1. The van der Waals surface area contributed by atoms with Crippen molar-refractivity contribution in [3.63, 3.8) is 0 Å². The lowest BCUT2D eigenvalue weighted by Crippen LogP contribution is -2.44. The lowest BCUT2D eigenvalue weighted by atomic mass is 10.2. The molecule has 1 unspecified atom stereocenters. The summed E-state index contributed by atoms with van der Waals surface area (Å²) in [6.45, 7) is 4.45. The minimum atomic E-state index is -0.524. The van der Waals surface area contributed by atoms with Gasteiger partial charge in [-0.3, -0.25) is 4.99 Å². The number of benzene rings is 1. The number of rotatable bonds is 6. The standard InChI is InChI=1S/C22H26F2N6/c1-2-25-22(26-11-9-16-14-29-12-4-3-8-20(29)27-16)28-17-10-13-30(15-17)21-18(23)6-5-7-19(21)24/h3-8,12,14,17H,2,9-11,13,15H2,1H3,(H2,25,26,28). The van der Waals surface area contributed by atoms with Crippen LogP contribution in [0.1, 0.15) is 19.0 Å². The lowest BCUT2D eigenvalue weighted by Gasteiger charge is -2.21. The zero-order valence-electron chi connectivity index (χ0n) is 17.0. The second-order valence-electron chi connectivity index (χ2n) is 7.36. The molecule has 8 heteroatoms. The highest BCUT2D eigenvalue weighted by Crippen LogP contribution is 2.26. The highest BCUT2D eigenvalue weighted by Gasteiger charge is 2.27. The molecule has 0 saturated carbocycles. The summed E-state index contributed by atoms with van der Waals surface area (Å²) in [5, 5.41) is 6.64. The molecular formula is C22H26F2N6. The van der Waals surface area contributed by atoms with E-state index in [2.05, 4.69) is 20.6 Å². The number of hydrogen-bond acceptors (Lipinski definition) is 3. The van der Waals surface area contributed by atoms with Crippen molar-refractivity contribution < 1.29 is 8.78 Å². The van der Waals surface area contributed by atoms with E-state index in [0.717, 1.165) is 30.7 Å². The van der Waals surface area contributed by atoms with Crippen LogP contribution < -0.4 is 15.5 Å². The normalized spacial score (nSPS) is 17.0. The first-order valence-corrected chi connectivity index (χ1v) is 10.3. The maximum absolute atomic E-state index is 14.1. The zero-order chi connectivity index (χ0) is 20.9. The van der Waals surface area contributed by atoms with Crippen LogP contribution in [0.3, 0.4) is 0 Å². The number of nitrogens with zero attached hydrogens (tertiary/aromatic N) is 4. The predicted molar refractivity (Wildman–Crippen MR) is 115 cm³/mol. The molecule has 3 aromatic rings. The topological polar surface area (TPSA) is 57.0 Å². The van der Waals surface area contributed by atoms with E-state index in [4.69, 9.17) is 0 Å². The van der Waals surface area contributed by atoms with Gasteiger partial charge in [0.1, 0.15) is 23.0 Å². The molecule has 1 aromatic carbocycles. The smallest absolute Gasteiger partial charge is 0.191 e. The number of halogens is 2. The fraction of sp³-hybridized carbons (Fsp3) is 0.364. The van der Waals surface area contributed by atoms with E-state index >= 15 is 0 Å². The first kappa shape index (κ1) is 20.1. The van der Waals surface area contributed by atoms with Crippen LogP contribution in [0.4, 0.5) is 14.5 Å². The van der Waals surface area contributed by atoms with Crippen LogP contribution in [0.25, 0.3) is 5.65 Å². The molecule has 0 bridgehead atoms. The molecule has 0 aliphatic carbocycles. The largest absolute Gasteiger partial charge is 0.365 e. The fourth-order valence-electron chi connectivity index (χ4n) is 3.78. The van der Waals surface area contributed by atoms with E-state index in [1.54, 1.807) is 4.90 Å². The summed E-state index contributed by atoms with van der Waals surface area (Å²) in [6, 6.07) is 9.96. The summed E-state index contributed by atoms with van der Waals surface area (Å²) >= 11 is 0.